The SMILES string of the molecule is CCC(C)C(=O)OC1CCOC1=O.CCC(C)C(=O)OCC(C)C.CCC(C)C(=O)OCC(C)C. The number of hydrogen-bond acceptors (Lipinski definition) is 8. The highest BCUT2D eigenvalue weighted by molar-refractivity contribution is 5.81. The molecule has 0 aromatic heterocycles. The van der Waals surface area contributed by atoms with Gasteiger partial charge in [0.05, 0.1) is 37.6 Å². The van der Waals surface area contributed by atoms with Crippen LogP contribution in [0.4, 0.5) is 0 Å². The molecular weight excluding hydrogens is 452 g/mol. The second kappa shape index (κ2) is 20.1. The molecule has 1 aliphatic rings. The third-order valence-electron chi connectivity index (χ3n) is 5.31. The fourth-order valence-corrected chi connectivity index (χ4v) is 2.12. The Morgan fingerprint density at radius 3 is 1.40 bits per heavy atom. The van der Waals surface area contributed by atoms with Gasteiger partial charge in [0.15, 0.2) is 0 Å². The number of ether oxygens (including phenoxy) is 4. The number of esters is 4. The monoisotopic (exact) mass is 502 g/mol. The molecule has 0 N–H and O–H groups in total. The minimum atomic E-state index is -0.665. The van der Waals surface area contributed by atoms with E-state index in [1.165, 1.54) is 0 Å². The third kappa shape index (κ3) is 17.9. The lowest BCUT2D eigenvalue weighted by Crippen LogP contribution is -2.25. The van der Waals surface area contributed by atoms with Crippen molar-refractivity contribution in [1.29, 1.82) is 0 Å². The second-order valence-electron chi connectivity index (χ2n) is 9.86. The van der Waals surface area contributed by atoms with Crippen LogP contribution in [0.3, 0.4) is 0 Å². The molecule has 0 amide bonds. The number of carbonyl (C=O) groups is 4. The molecule has 0 radical (unpaired) electrons. The topological polar surface area (TPSA) is 105 Å². The van der Waals surface area contributed by atoms with Gasteiger partial charge in [-0.05, 0) is 31.1 Å². The summed E-state index contributed by atoms with van der Waals surface area (Å²) in [5, 5.41) is 0. The maximum Gasteiger partial charge on any atom is 0.347 e. The van der Waals surface area contributed by atoms with Crippen LogP contribution >= 0.6 is 0 Å². The van der Waals surface area contributed by atoms with Gasteiger partial charge in [0.2, 0.25) is 6.10 Å². The molecule has 1 rings (SSSR count). The van der Waals surface area contributed by atoms with Crippen LogP contribution in [0.2, 0.25) is 0 Å². The minimum absolute atomic E-state index is 0.0498. The average Bonchev–Trinajstić information content (AvgIpc) is 3.23. The van der Waals surface area contributed by atoms with Gasteiger partial charge in [0, 0.05) is 6.42 Å². The molecule has 1 saturated heterocycles. The summed E-state index contributed by atoms with van der Waals surface area (Å²) in [5.41, 5.74) is 0. The van der Waals surface area contributed by atoms with E-state index in [2.05, 4.69) is 4.74 Å². The van der Waals surface area contributed by atoms with Crippen molar-refractivity contribution < 1.29 is 38.1 Å². The second-order valence-corrected chi connectivity index (χ2v) is 9.86. The van der Waals surface area contributed by atoms with E-state index >= 15 is 0 Å². The Bertz CT molecular complexity index is 584. The zero-order valence-electron chi connectivity index (χ0n) is 23.7. The summed E-state index contributed by atoms with van der Waals surface area (Å²) in [6.45, 7) is 21.0. The molecule has 1 aliphatic heterocycles. The predicted octanol–water partition coefficient (Wildman–Crippen LogP) is 5.35. The van der Waals surface area contributed by atoms with Crippen molar-refractivity contribution >= 4 is 23.9 Å². The zero-order chi connectivity index (χ0) is 27.6. The van der Waals surface area contributed by atoms with Crippen LogP contribution < -0.4 is 0 Å². The van der Waals surface area contributed by atoms with Gasteiger partial charge in [-0.1, -0.05) is 69.2 Å². The van der Waals surface area contributed by atoms with Crippen molar-refractivity contribution in [2.45, 2.75) is 101 Å². The molecule has 4 atom stereocenters. The van der Waals surface area contributed by atoms with Gasteiger partial charge in [0.25, 0.3) is 0 Å². The first kappa shape index (κ1) is 35.0. The molecule has 4 unspecified atom stereocenters. The van der Waals surface area contributed by atoms with Gasteiger partial charge in [-0.25, -0.2) is 4.79 Å². The van der Waals surface area contributed by atoms with E-state index in [9.17, 15) is 19.2 Å². The predicted molar refractivity (Wildman–Crippen MR) is 135 cm³/mol. The van der Waals surface area contributed by atoms with E-state index in [0.29, 0.717) is 38.1 Å². The first-order chi connectivity index (χ1) is 16.3. The molecule has 0 bridgehead atoms. The van der Waals surface area contributed by atoms with Gasteiger partial charge in [-0.2, -0.15) is 0 Å². The average molecular weight is 503 g/mol. The lowest BCUT2D eigenvalue weighted by Gasteiger charge is -2.11. The van der Waals surface area contributed by atoms with Crippen LogP contribution in [0.1, 0.15) is 94.9 Å². The highest BCUT2D eigenvalue weighted by Gasteiger charge is 2.31. The number of hydrogen-bond donors (Lipinski definition) is 0. The first-order valence-corrected chi connectivity index (χ1v) is 13.0. The van der Waals surface area contributed by atoms with Crippen LogP contribution in [0.25, 0.3) is 0 Å². The molecule has 0 aromatic carbocycles. The van der Waals surface area contributed by atoms with E-state index in [4.69, 9.17) is 14.2 Å². The summed E-state index contributed by atoms with van der Waals surface area (Å²) in [6.07, 6.45) is 2.26. The number of cyclic esters (lactones) is 1. The number of rotatable bonds is 11. The molecule has 0 aliphatic carbocycles. The Kier molecular flexibility index (Phi) is 20.1. The van der Waals surface area contributed by atoms with Crippen molar-refractivity contribution in [3.8, 4) is 0 Å². The van der Waals surface area contributed by atoms with Crippen LogP contribution in [-0.2, 0) is 38.1 Å². The van der Waals surface area contributed by atoms with Crippen molar-refractivity contribution in [2.75, 3.05) is 19.8 Å². The minimum Gasteiger partial charge on any atom is -0.465 e. The van der Waals surface area contributed by atoms with E-state index in [0.717, 1.165) is 19.3 Å². The fourth-order valence-electron chi connectivity index (χ4n) is 2.12. The van der Waals surface area contributed by atoms with Crippen molar-refractivity contribution in [1.82, 2.24) is 0 Å². The molecule has 8 nitrogen and oxygen atoms in total. The smallest absolute Gasteiger partial charge is 0.347 e. The van der Waals surface area contributed by atoms with E-state index in [-0.39, 0.29) is 35.7 Å². The van der Waals surface area contributed by atoms with E-state index < -0.39 is 12.1 Å². The normalized spacial score (nSPS) is 17.1. The van der Waals surface area contributed by atoms with Crippen LogP contribution in [0.15, 0.2) is 0 Å². The highest BCUT2D eigenvalue weighted by atomic mass is 16.6. The zero-order valence-corrected chi connectivity index (χ0v) is 23.7. The summed E-state index contributed by atoms with van der Waals surface area (Å²) >= 11 is 0. The fraction of sp³-hybridized carbons (Fsp3) is 0.852. The van der Waals surface area contributed by atoms with Crippen LogP contribution in [-0.4, -0.2) is 49.8 Å². The maximum absolute atomic E-state index is 11.2. The van der Waals surface area contributed by atoms with Crippen LogP contribution in [0.5, 0.6) is 0 Å². The highest BCUT2D eigenvalue weighted by Crippen LogP contribution is 2.13. The lowest BCUT2D eigenvalue weighted by atomic mass is 10.1. The van der Waals surface area contributed by atoms with Crippen LogP contribution in [0, 0.1) is 29.6 Å². The molecule has 8 heteroatoms. The molecule has 1 heterocycles. The van der Waals surface area contributed by atoms with Gasteiger partial charge in [-0.15, -0.1) is 0 Å². The summed E-state index contributed by atoms with van der Waals surface area (Å²) < 4.78 is 19.7. The molecule has 35 heavy (non-hydrogen) atoms. The maximum atomic E-state index is 11.2. The summed E-state index contributed by atoms with van der Waals surface area (Å²) in [5.74, 6) is -0.0488. The lowest BCUT2D eigenvalue weighted by molar-refractivity contribution is -0.163. The van der Waals surface area contributed by atoms with Crippen molar-refractivity contribution in [3.05, 3.63) is 0 Å². The number of carbonyl (C=O) groups excluding carboxylic acids is 4. The van der Waals surface area contributed by atoms with Gasteiger partial charge >= 0.3 is 23.9 Å². The Labute approximate surface area is 212 Å². The standard InChI is InChI=1S/C9H14O4.2C9H18O2/c1-3-6(2)8(10)13-7-4-5-12-9(7)11;2*1-5-8(4)9(10)11-6-7(2)3/h6-7H,3-5H2,1-2H3;2*7-8H,5-6H2,1-4H3. The summed E-state index contributed by atoms with van der Waals surface area (Å²) in [7, 11) is 0. The quantitative estimate of drug-likeness (QED) is 0.275. The molecule has 0 aromatic rings. The van der Waals surface area contributed by atoms with Gasteiger partial charge in [0.1, 0.15) is 0 Å². The Hall–Kier alpha value is -2.12. The van der Waals surface area contributed by atoms with Crippen molar-refractivity contribution in [3.63, 3.8) is 0 Å². The van der Waals surface area contributed by atoms with E-state index in [1.54, 1.807) is 6.92 Å². The van der Waals surface area contributed by atoms with E-state index in [1.807, 2.05) is 62.3 Å². The Morgan fingerprint density at radius 2 is 1.11 bits per heavy atom. The molecule has 0 spiro atoms. The molecule has 1 fully saturated rings. The molecule has 206 valence electrons. The summed E-state index contributed by atoms with van der Waals surface area (Å²) in [6, 6.07) is 0. The Morgan fingerprint density at radius 1 is 0.743 bits per heavy atom. The third-order valence-corrected chi connectivity index (χ3v) is 5.31. The molecule has 0 saturated carbocycles. The Balaban J connectivity index is 0. The first-order valence-electron chi connectivity index (χ1n) is 13.0. The summed E-state index contributed by atoms with van der Waals surface area (Å²) in [4.78, 5) is 44.3. The van der Waals surface area contributed by atoms with Crippen molar-refractivity contribution in [2.24, 2.45) is 29.6 Å². The van der Waals surface area contributed by atoms with Gasteiger partial charge in [-0.3, -0.25) is 14.4 Å². The van der Waals surface area contributed by atoms with Gasteiger partial charge < -0.3 is 18.9 Å². The largest absolute Gasteiger partial charge is 0.465 e. The molecular formula is C27H50O8.